The van der Waals surface area contributed by atoms with Gasteiger partial charge in [0.25, 0.3) is 5.56 Å². The van der Waals surface area contributed by atoms with Crippen molar-refractivity contribution in [3.63, 3.8) is 0 Å². The highest BCUT2D eigenvalue weighted by atomic mass is 32.2. The molecule has 1 N–H and O–H groups in total. The molecule has 84 valence electrons. The molecule has 0 aliphatic heterocycles. The number of nitrogens with zero attached hydrogens (tertiary/aromatic N) is 3. The molecule has 0 saturated carbocycles. The Morgan fingerprint density at radius 3 is 3.12 bits per heavy atom. The number of hydrogen-bond acceptors (Lipinski definition) is 4. The standard InChI is InChI=1S/C9H9FN4OS/c1-5(10)4-14-8(15)6-3-11-9(16-2)12-7(6)13-14/h3H,1,4H2,2H3,(H,11,12,13). The van der Waals surface area contributed by atoms with Crippen LogP contribution in [0.25, 0.3) is 11.0 Å². The molecule has 2 aromatic rings. The summed E-state index contributed by atoms with van der Waals surface area (Å²) >= 11 is 1.37. The minimum atomic E-state index is -0.591. The number of halogens is 1. The Kier molecular flexibility index (Phi) is 2.78. The maximum Gasteiger partial charge on any atom is 0.278 e. The van der Waals surface area contributed by atoms with Crippen LogP contribution in [0.15, 0.2) is 28.6 Å². The van der Waals surface area contributed by atoms with Gasteiger partial charge >= 0.3 is 0 Å². The van der Waals surface area contributed by atoms with Crippen molar-refractivity contribution in [2.24, 2.45) is 0 Å². The second-order valence-electron chi connectivity index (χ2n) is 3.14. The Hall–Kier alpha value is -1.63. The van der Waals surface area contributed by atoms with E-state index in [9.17, 15) is 9.18 Å². The van der Waals surface area contributed by atoms with Crippen molar-refractivity contribution < 1.29 is 4.39 Å². The third-order valence-electron chi connectivity index (χ3n) is 2.00. The van der Waals surface area contributed by atoms with E-state index >= 15 is 0 Å². The van der Waals surface area contributed by atoms with E-state index in [2.05, 4.69) is 21.6 Å². The van der Waals surface area contributed by atoms with Crippen LogP contribution in [-0.2, 0) is 6.54 Å². The van der Waals surface area contributed by atoms with Gasteiger partial charge in [0.05, 0.1) is 6.54 Å². The van der Waals surface area contributed by atoms with Crippen molar-refractivity contribution in [3.8, 4) is 0 Å². The minimum Gasteiger partial charge on any atom is -0.278 e. The van der Waals surface area contributed by atoms with Crippen LogP contribution in [0.4, 0.5) is 4.39 Å². The van der Waals surface area contributed by atoms with Gasteiger partial charge in [-0.05, 0) is 6.26 Å². The van der Waals surface area contributed by atoms with Crippen LogP contribution in [0.3, 0.4) is 0 Å². The molecule has 2 heterocycles. The third kappa shape index (κ3) is 1.85. The van der Waals surface area contributed by atoms with Crippen molar-refractivity contribution in [3.05, 3.63) is 29.0 Å². The zero-order valence-corrected chi connectivity index (χ0v) is 9.34. The highest BCUT2D eigenvalue weighted by molar-refractivity contribution is 7.98. The van der Waals surface area contributed by atoms with E-state index in [4.69, 9.17) is 0 Å². The molecule has 0 amide bonds. The molecule has 0 aliphatic carbocycles. The van der Waals surface area contributed by atoms with Crippen LogP contribution in [0, 0.1) is 0 Å². The van der Waals surface area contributed by atoms with Crippen LogP contribution in [0.2, 0.25) is 0 Å². The topological polar surface area (TPSA) is 63.6 Å². The number of fused-ring (bicyclic) bond motifs is 1. The normalized spacial score (nSPS) is 10.9. The zero-order valence-electron chi connectivity index (χ0n) is 8.53. The number of aromatic nitrogens is 4. The number of allylic oxidation sites excluding steroid dienone is 1. The lowest BCUT2D eigenvalue weighted by Gasteiger charge is -1.95. The first kappa shape index (κ1) is 10.9. The van der Waals surface area contributed by atoms with Crippen LogP contribution in [0.5, 0.6) is 0 Å². The Morgan fingerprint density at radius 2 is 2.50 bits per heavy atom. The molecule has 2 aromatic heterocycles. The number of H-pyrrole nitrogens is 1. The molecule has 0 unspecified atom stereocenters. The molecule has 0 spiro atoms. The summed E-state index contributed by atoms with van der Waals surface area (Å²) in [5, 5.41) is 3.61. The molecule has 7 heteroatoms. The summed E-state index contributed by atoms with van der Waals surface area (Å²) in [5.74, 6) is -0.591. The summed E-state index contributed by atoms with van der Waals surface area (Å²) in [6.07, 6.45) is 3.27. The van der Waals surface area contributed by atoms with E-state index in [-0.39, 0.29) is 12.1 Å². The molecule has 2 rings (SSSR count). The van der Waals surface area contributed by atoms with Gasteiger partial charge in [0.1, 0.15) is 11.2 Å². The second-order valence-corrected chi connectivity index (χ2v) is 3.91. The predicted molar refractivity (Wildman–Crippen MR) is 60.2 cm³/mol. The number of hydrogen-bond donors (Lipinski definition) is 1. The number of rotatable bonds is 3. The van der Waals surface area contributed by atoms with Crippen molar-refractivity contribution in [1.29, 1.82) is 0 Å². The summed E-state index contributed by atoms with van der Waals surface area (Å²) in [5.41, 5.74) is 0.0621. The summed E-state index contributed by atoms with van der Waals surface area (Å²) in [4.78, 5) is 19.8. The average molecular weight is 240 g/mol. The predicted octanol–water partition coefficient (Wildman–Crippen LogP) is 1.32. The van der Waals surface area contributed by atoms with Crippen molar-refractivity contribution in [2.75, 3.05) is 6.26 Å². The largest absolute Gasteiger partial charge is 0.278 e. The van der Waals surface area contributed by atoms with E-state index in [0.717, 1.165) is 4.68 Å². The lowest BCUT2D eigenvalue weighted by atomic mass is 10.4. The molecule has 0 aliphatic rings. The van der Waals surface area contributed by atoms with Gasteiger partial charge < -0.3 is 0 Å². The van der Waals surface area contributed by atoms with Gasteiger partial charge in [0.2, 0.25) is 0 Å². The second kappa shape index (κ2) is 4.09. The van der Waals surface area contributed by atoms with Crippen molar-refractivity contribution in [1.82, 2.24) is 19.7 Å². The fourth-order valence-corrected chi connectivity index (χ4v) is 1.65. The molecular formula is C9H9FN4OS. The minimum absolute atomic E-state index is 0.191. The molecule has 0 saturated heterocycles. The summed E-state index contributed by atoms with van der Waals surface area (Å²) < 4.78 is 13.7. The van der Waals surface area contributed by atoms with Gasteiger partial charge in [-0.15, -0.1) is 0 Å². The van der Waals surface area contributed by atoms with Crippen LogP contribution in [-0.4, -0.2) is 26.0 Å². The van der Waals surface area contributed by atoms with Gasteiger partial charge in [-0.1, -0.05) is 18.3 Å². The third-order valence-corrected chi connectivity index (χ3v) is 2.56. The zero-order chi connectivity index (χ0) is 11.7. The molecule has 0 atom stereocenters. The maximum absolute atomic E-state index is 12.6. The smallest absolute Gasteiger partial charge is 0.278 e. The molecule has 0 radical (unpaired) electrons. The first-order chi connectivity index (χ1) is 7.61. The highest BCUT2D eigenvalue weighted by Gasteiger charge is 2.09. The Labute approximate surface area is 94.4 Å². The number of thioether (sulfide) groups is 1. The Balaban J connectivity index is 2.58. The van der Waals surface area contributed by atoms with Crippen molar-refractivity contribution in [2.45, 2.75) is 11.7 Å². The quantitative estimate of drug-likeness (QED) is 0.649. The first-order valence-electron chi connectivity index (χ1n) is 4.44. The fourth-order valence-electron chi connectivity index (χ4n) is 1.31. The summed E-state index contributed by atoms with van der Waals surface area (Å²) in [6, 6.07) is 0. The average Bonchev–Trinajstić information content (AvgIpc) is 2.54. The number of aromatic amines is 1. The highest BCUT2D eigenvalue weighted by Crippen LogP contribution is 2.11. The van der Waals surface area contributed by atoms with E-state index in [1.54, 1.807) is 0 Å². The van der Waals surface area contributed by atoms with Gasteiger partial charge in [-0.25, -0.2) is 19.0 Å². The van der Waals surface area contributed by atoms with Gasteiger partial charge in [-0.3, -0.25) is 9.89 Å². The molecule has 5 nitrogen and oxygen atoms in total. The van der Waals surface area contributed by atoms with Gasteiger partial charge in [0, 0.05) is 6.20 Å². The summed E-state index contributed by atoms with van der Waals surface area (Å²) in [7, 11) is 0. The van der Waals surface area contributed by atoms with E-state index in [1.165, 1.54) is 18.0 Å². The van der Waals surface area contributed by atoms with E-state index in [0.29, 0.717) is 16.2 Å². The van der Waals surface area contributed by atoms with Crippen molar-refractivity contribution >= 4 is 22.8 Å². The Morgan fingerprint density at radius 1 is 1.75 bits per heavy atom. The monoisotopic (exact) mass is 240 g/mol. The van der Waals surface area contributed by atoms with E-state index < -0.39 is 5.83 Å². The number of nitrogens with one attached hydrogen (secondary N) is 1. The first-order valence-corrected chi connectivity index (χ1v) is 5.67. The maximum atomic E-state index is 12.6. The lowest BCUT2D eigenvalue weighted by molar-refractivity contribution is 0.525. The van der Waals surface area contributed by atoms with Gasteiger partial charge in [0.15, 0.2) is 10.8 Å². The SMILES string of the molecule is C=C(F)Cn1[nH]c2nc(SC)ncc2c1=O. The van der Waals surface area contributed by atoms with Crippen LogP contribution < -0.4 is 5.56 Å². The lowest BCUT2D eigenvalue weighted by Crippen LogP contribution is -2.16. The molecule has 16 heavy (non-hydrogen) atoms. The molecule has 0 fully saturated rings. The molecule has 0 aromatic carbocycles. The fraction of sp³-hybridized carbons (Fsp3) is 0.222. The van der Waals surface area contributed by atoms with Crippen LogP contribution >= 0.6 is 11.8 Å². The Bertz CT molecular complexity index is 603. The van der Waals surface area contributed by atoms with Crippen LogP contribution in [0.1, 0.15) is 0 Å². The molecular weight excluding hydrogens is 231 g/mol. The molecule has 0 bridgehead atoms. The van der Waals surface area contributed by atoms with Gasteiger partial charge in [-0.2, -0.15) is 0 Å². The summed E-state index contributed by atoms with van der Waals surface area (Å²) in [6.45, 7) is 2.92. The van der Waals surface area contributed by atoms with E-state index in [1.807, 2.05) is 6.26 Å².